The molecule has 2 atom stereocenters. The first-order valence-electron chi connectivity index (χ1n) is 11.0. The number of halogens is 4. The standard InChI is InChI=1S/C21H21ClN6O2.C2HF3O2/c1-23-17-11-26(12-18(17)29)19-7-6-16(8-24-19)27-9-13-10-28(25-20(13)21(27)30)15-4-2-14(22)3-5-15;3-2(4,5)1(6)7/h2-8,10,17-18,23,29H,9,11-12H2,1H3;(H,6,7)/t17-,18-;/m1./s1. The highest BCUT2D eigenvalue weighted by Crippen LogP contribution is 2.29. The quantitative estimate of drug-likeness (QED) is 0.463. The summed E-state index contributed by atoms with van der Waals surface area (Å²) in [5.74, 6) is -2.11. The van der Waals surface area contributed by atoms with Crippen molar-refractivity contribution in [3.05, 3.63) is 65.1 Å². The van der Waals surface area contributed by atoms with E-state index >= 15 is 0 Å². The van der Waals surface area contributed by atoms with Crippen LogP contribution in [0.3, 0.4) is 0 Å². The van der Waals surface area contributed by atoms with Gasteiger partial charge in [-0.15, -0.1) is 0 Å². The molecule has 0 radical (unpaired) electrons. The maximum atomic E-state index is 12.9. The molecule has 1 fully saturated rings. The number of β-amino-alcohol motifs (C(OH)–C–C–N with tert-alkyl or cyclic N) is 1. The minimum absolute atomic E-state index is 0.0274. The number of fused-ring (bicyclic) bond motifs is 1. The molecule has 0 spiro atoms. The number of benzene rings is 1. The van der Waals surface area contributed by atoms with E-state index in [1.54, 1.807) is 27.9 Å². The second kappa shape index (κ2) is 10.4. The van der Waals surface area contributed by atoms with Gasteiger partial charge in [-0.05, 0) is 43.4 Å². The summed E-state index contributed by atoms with van der Waals surface area (Å²) in [6.45, 7) is 1.68. The molecule has 3 N–H and O–H groups in total. The molecule has 4 heterocycles. The van der Waals surface area contributed by atoms with E-state index in [0.29, 0.717) is 30.4 Å². The summed E-state index contributed by atoms with van der Waals surface area (Å²) >= 11 is 5.94. The van der Waals surface area contributed by atoms with Crippen molar-refractivity contribution < 1.29 is 33.0 Å². The number of anilines is 2. The zero-order chi connectivity index (χ0) is 26.9. The van der Waals surface area contributed by atoms with Gasteiger partial charge in [0.15, 0.2) is 5.69 Å². The summed E-state index contributed by atoms with van der Waals surface area (Å²) in [5, 5.41) is 25.4. The van der Waals surface area contributed by atoms with Crippen molar-refractivity contribution in [1.82, 2.24) is 20.1 Å². The Hall–Kier alpha value is -3.68. The van der Waals surface area contributed by atoms with Crippen molar-refractivity contribution in [2.45, 2.75) is 24.9 Å². The molecule has 1 saturated heterocycles. The van der Waals surface area contributed by atoms with E-state index in [-0.39, 0.29) is 11.9 Å². The Morgan fingerprint density at radius 1 is 1.14 bits per heavy atom. The highest BCUT2D eigenvalue weighted by Gasteiger charge is 2.38. The summed E-state index contributed by atoms with van der Waals surface area (Å²) in [6, 6.07) is 11.1. The normalized spacial score (nSPS) is 19.0. The molecule has 14 heteroatoms. The lowest BCUT2D eigenvalue weighted by Crippen LogP contribution is -2.36. The smallest absolute Gasteiger partial charge is 0.475 e. The van der Waals surface area contributed by atoms with Gasteiger partial charge in [0.05, 0.1) is 36.3 Å². The van der Waals surface area contributed by atoms with Crippen molar-refractivity contribution in [3.8, 4) is 5.69 Å². The number of carboxylic acid groups (broad SMARTS) is 1. The van der Waals surface area contributed by atoms with Crippen LogP contribution in [0.1, 0.15) is 16.1 Å². The van der Waals surface area contributed by atoms with Crippen LogP contribution in [0.25, 0.3) is 5.69 Å². The van der Waals surface area contributed by atoms with Crippen LogP contribution in [-0.4, -0.2) is 75.3 Å². The number of alkyl halides is 3. The van der Waals surface area contributed by atoms with Crippen LogP contribution < -0.4 is 15.1 Å². The van der Waals surface area contributed by atoms with Gasteiger partial charge in [0.1, 0.15) is 5.82 Å². The lowest BCUT2D eigenvalue weighted by molar-refractivity contribution is -0.192. The van der Waals surface area contributed by atoms with Gasteiger partial charge < -0.3 is 25.3 Å². The zero-order valence-electron chi connectivity index (χ0n) is 19.4. The van der Waals surface area contributed by atoms with Crippen LogP contribution in [0.15, 0.2) is 48.8 Å². The number of nitrogens with zero attached hydrogens (tertiary/aromatic N) is 5. The molecule has 196 valence electrons. The first-order valence-corrected chi connectivity index (χ1v) is 11.4. The van der Waals surface area contributed by atoms with Crippen molar-refractivity contribution in [2.75, 3.05) is 29.9 Å². The number of carboxylic acids is 1. The monoisotopic (exact) mass is 538 g/mol. The third-order valence-electron chi connectivity index (χ3n) is 5.93. The maximum absolute atomic E-state index is 12.9. The Labute approximate surface area is 213 Å². The number of hydrogen-bond acceptors (Lipinski definition) is 7. The van der Waals surface area contributed by atoms with Gasteiger partial charge in [0.2, 0.25) is 0 Å². The van der Waals surface area contributed by atoms with Crippen LogP contribution >= 0.6 is 11.6 Å². The maximum Gasteiger partial charge on any atom is 0.490 e. The average Bonchev–Trinajstić information content (AvgIpc) is 3.53. The van der Waals surface area contributed by atoms with Crippen LogP contribution in [0.4, 0.5) is 24.7 Å². The largest absolute Gasteiger partial charge is 0.490 e. The number of rotatable bonds is 4. The molecule has 0 saturated carbocycles. The molecule has 2 aliphatic rings. The van der Waals surface area contributed by atoms with E-state index in [4.69, 9.17) is 21.5 Å². The van der Waals surface area contributed by atoms with Crippen molar-refractivity contribution in [2.24, 2.45) is 0 Å². The summed E-state index contributed by atoms with van der Waals surface area (Å²) in [5.41, 5.74) is 2.91. The minimum Gasteiger partial charge on any atom is -0.475 e. The highest BCUT2D eigenvalue weighted by molar-refractivity contribution is 6.30. The van der Waals surface area contributed by atoms with Crippen molar-refractivity contribution in [3.63, 3.8) is 0 Å². The fourth-order valence-electron chi connectivity index (χ4n) is 3.99. The van der Waals surface area contributed by atoms with Gasteiger partial charge >= 0.3 is 12.1 Å². The predicted molar refractivity (Wildman–Crippen MR) is 128 cm³/mol. The van der Waals surface area contributed by atoms with E-state index in [1.165, 1.54) is 0 Å². The number of hydrogen-bond donors (Lipinski definition) is 3. The third-order valence-corrected chi connectivity index (χ3v) is 6.18. The predicted octanol–water partition coefficient (Wildman–Crippen LogP) is 2.48. The molecular formula is C23H22ClF3N6O4. The Morgan fingerprint density at radius 2 is 1.78 bits per heavy atom. The van der Waals surface area contributed by atoms with Gasteiger partial charge in [0, 0.05) is 29.9 Å². The third kappa shape index (κ3) is 5.68. The molecule has 0 bridgehead atoms. The molecule has 0 unspecified atom stereocenters. The fourth-order valence-corrected chi connectivity index (χ4v) is 4.12. The van der Waals surface area contributed by atoms with Crippen LogP contribution in [0.5, 0.6) is 0 Å². The number of aliphatic carboxylic acids is 1. The first-order chi connectivity index (χ1) is 17.5. The van der Waals surface area contributed by atoms with E-state index in [1.807, 2.05) is 42.4 Å². The number of carbonyl (C=O) groups is 2. The fraction of sp³-hybridized carbons (Fsp3) is 0.304. The van der Waals surface area contributed by atoms with Gasteiger partial charge in [-0.25, -0.2) is 14.5 Å². The van der Waals surface area contributed by atoms with E-state index in [9.17, 15) is 23.1 Å². The summed E-state index contributed by atoms with van der Waals surface area (Å²) in [6.07, 6.45) is -1.93. The number of aliphatic hydroxyl groups excluding tert-OH is 1. The molecule has 5 rings (SSSR count). The number of carbonyl (C=O) groups excluding carboxylic acids is 1. The molecule has 1 aromatic carbocycles. The van der Waals surface area contributed by atoms with Crippen LogP contribution in [-0.2, 0) is 11.3 Å². The van der Waals surface area contributed by atoms with Crippen molar-refractivity contribution in [1.29, 1.82) is 0 Å². The zero-order valence-corrected chi connectivity index (χ0v) is 20.1. The molecule has 3 aromatic rings. The topological polar surface area (TPSA) is 124 Å². The Morgan fingerprint density at radius 3 is 2.30 bits per heavy atom. The molecule has 2 aliphatic heterocycles. The number of aromatic nitrogens is 3. The number of aliphatic hydroxyl groups is 1. The van der Waals surface area contributed by atoms with Gasteiger partial charge in [-0.1, -0.05) is 11.6 Å². The minimum atomic E-state index is -5.08. The Bertz CT molecular complexity index is 1280. The van der Waals surface area contributed by atoms with Gasteiger partial charge in [0.25, 0.3) is 5.91 Å². The van der Waals surface area contributed by atoms with Gasteiger partial charge in [-0.2, -0.15) is 18.3 Å². The van der Waals surface area contributed by atoms with Gasteiger partial charge in [-0.3, -0.25) is 4.79 Å². The van der Waals surface area contributed by atoms with Crippen molar-refractivity contribution >= 4 is 35.0 Å². The molecular weight excluding hydrogens is 517 g/mol. The number of amides is 1. The number of pyridine rings is 1. The average molecular weight is 539 g/mol. The molecule has 0 aliphatic carbocycles. The van der Waals surface area contributed by atoms with E-state index in [0.717, 1.165) is 22.8 Å². The van der Waals surface area contributed by atoms with E-state index in [2.05, 4.69) is 15.4 Å². The first kappa shape index (κ1) is 26.4. The summed E-state index contributed by atoms with van der Waals surface area (Å²) < 4.78 is 33.4. The number of nitrogens with one attached hydrogen (secondary N) is 1. The molecule has 10 nitrogen and oxygen atoms in total. The Balaban J connectivity index is 0.000000405. The molecule has 37 heavy (non-hydrogen) atoms. The second-order valence-electron chi connectivity index (χ2n) is 8.36. The summed E-state index contributed by atoms with van der Waals surface area (Å²) in [7, 11) is 1.84. The lowest BCUT2D eigenvalue weighted by atomic mass is 10.2. The van der Waals surface area contributed by atoms with Crippen LogP contribution in [0, 0.1) is 0 Å². The van der Waals surface area contributed by atoms with E-state index < -0.39 is 18.2 Å². The lowest BCUT2D eigenvalue weighted by Gasteiger charge is -2.19. The second-order valence-corrected chi connectivity index (χ2v) is 8.80. The molecule has 1 amide bonds. The van der Waals surface area contributed by atoms with Crippen LogP contribution in [0.2, 0.25) is 5.02 Å². The summed E-state index contributed by atoms with van der Waals surface area (Å²) in [4.78, 5) is 30.0. The highest BCUT2D eigenvalue weighted by atomic mass is 35.5. The number of likely N-dealkylation sites (N-methyl/N-ethyl adjacent to an activating group) is 1. The molecule has 2 aromatic heterocycles. The Kier molecular flexibility index (Phi) is 7.39. The SMILES string of the molecule is CN[C@@H]1CN(c2ccc(N3Cc4cn(-c5ccc(Cl)cc5)nc4C3=O)cn2)C[C@H]1O.O=C(O)C(F)(F)F.